The van der Waals surface area contributed by atoms with Gasteiger partial charge in [0.25, 0.3) is 0 Å². The molecular formula is C21H28ClFIN5O. The van der Waals surface area contributed by atoms with E-state index in [9.17, 15) is 4.39 Å². The third-order valence-corrected chi connectivity index (χ3v) is 5.04. The van der Waals surface area contributed by atoms with E-state index in [4.69, 9.17) is 16.3 Å². The van der Waals surface area contributed by atoms with Gasteiger partial charge in [0, 0.05) is 44.5 Å². The number of nitrogens with one attached hydrogen (secondary N) is 2. The number of hydrogen-bond donors (Lipinski definition) is 2. The molecule has 1 atom stereocenters. The Hall–Kier alpha value is -1.65. The van der Waals surface area contributed by atoms with E-state index < -0.39 is 0 Å². The molecule has 1 aliphatic rings. The second-order valence-corrected chi connectivity index (χ2v) is 7.35. The van der Waals surface area contributed by atoms with Gasteiger partial charge in [-0.3, -0.25) is 0 Å². The molecule has 9 heteroatoms. The Bertz CT molecular complexity index is 854. The van der Waals surface area contributed by atoms with Gasteiger partial charge in [0.05, 0.1) is 18.2 Å². The molecule has 0 aliphatic carbocycles. The van der Waals surface area contributed by atoms with Crippen molar-refractivity contribution >= 4 is 47.4 Å². The number of benzene rings is 1. The normalized spacial score (nSPS) is 16.3. The van der Waals surface area contributed by atoms with Gasteiger partial charge in [0.1, 0.15) is 11.6 Å². The number of aliphatic imine (C=N–C) groups is 1. The van der Waals surface area contributed by atoms with Gasteiger partial charge in [-0.15, -0.1) is 24.0 Å². The number of guanidine groups is 1. The lowest BCUT2D eigenvalue weighted by Gasteiger charge is -2.20. The molecule has 2 aromatic rings. The zero-order valence-corrected chi connectivity index (χ0v) is 20.3. The van der Waals surface area contributed by atoms with Crippen molar-refractivity contribution in [3.8, 4) is 0 Å². The van der Waals surface area contributed by atoms with Crippen LogP contribution in [0.2, 0.25) is 5.02 Å². The van der Waals surface area contributed by atoms with Crippen molar-refractivity contribution in [1.82, 2.24) is 15.6 Å². The summed E-state index contributed by atoms with van der Waals surface area (Å²) in [6, 6.07) is 8.94. The summed E-state index contributed by atoms with van der Waals surface area (Å²) < 4.78 is 18.8. The van der Waals surface area contributed by atoms with Gasteiger partial charge < -0.3 is 20.3 Å². The van der Waals surface area contributed by atoms with Crippen molar-refractivity contribution in [2.24, 2.45) is 4.99 Å². The topological polar surface area (TPSA) is 61.8 Å². The average Bonchev–Trinajstić information content (AvgIpc) is 3.17. The number of rotatable bonds is 7. The molecular weight excluding hydrogens is 520 g/mol. The van der Waals surface area contributed by atoms with E-state index in [0.29, 0.717) is 17.1 Å². The summed E-state index contributed by atoms with van der Waals surface area (Å²) in [5.74, 6) is 1.30. The lowest BCUT2D eigenvalue weighted by atomic mass is 10.1. The molecule has 0 bridgehead atoms. The summed E-state index contributed by atoms with van der Waals surface area (Å²) in [5, 5.41) is 7.43. The summed E-state index contributed by atoms with van der Waals surface area (Å²) in [6.45, 7) is 5.17. The Balaban J connectivity index is 0.00000320. The highest BCUT2D eigenvalue weighted by Crippen LogP contribution is 2.25. The molecule has 0 amide bonds. The molecule has 1 aliphatic heterocycles. The molecule has 2 N–H and O–H groups in total. The van der Waals surface area contributed by atoms with Gasteiger partial charge in [-0.25, -0.2) is 14.4 Å². The number of anilines is 1. The standard InChI is InChI=1S/C21H27ClFN5O.HI/c1-3-24-21(26-12-15-6-7-19(23)16(11-15)14-29-2)27-17-8-10-28(13-17)20-18(22)5-4-9-25-20;/h4-7,9,11,17H,3,8,10,12-14H2,1-2H3,(H2,24,26,27);1H. The fraction of sp³-hybridized carbons (Fsp3) is 0.429. The van der Waals surface area contributed by atoms with Crippen LogP contribution in [-0.4, -0.2) is 43.7 Å². The van der Waals surface area contributed by atoms with Crippen LogP contribution >= 0.6 is 35.6 Å². The largest absolute Gasteiger partial charge is 0.380 e. The molecule has 1 fully saturated rings. The summed E-state index contributed by atoms with van der Waals surface area (Å²) in [7, 11) is 1.56. The van der Waals surface area contributed by atoms with Crippen LogP contribution in [0.3, 0.4) is 0 Å². The Morgan fingerprint density at radius 2 is 2.23 bits per heavy atom. The molecule has 1 unspecified atom stereocenters. The summed E-state index contributed by atoms with van der Waals surface area (Å²) >= 11 is 6.28. The molecule has 1 saturated heterocycles. The maximum atomic E-state index is 13.8. The predicted octanol–water partition coefficient (Wildman–Crippen LogP) is 3.97. The van der Waals surface area contributed by atoms with Crippen LogP contribution in [0, 0.1) is 5.82 Å². The Morgan fingerprint density at radius 1 is 1.40 bits per heavy atom. The van der Waals surface area contributed by atoms with Crippen molar-refractivity contribution in [1.29, 1.82) is 0 Å². The van der Waals surface area contributed by atoms with Gasteiger partial charge in [-0.2, -0.15) is 0 Å². The first-order valence-electron chi connectivity index (χ1n) is 9.77. The highest BCUT2D eigenvalue weighted by atomic mass is 127. The van der Waals surface area contributed by atoms with E-state index >= 15 is 0 Å². The first-order chi connectivity index (χ1) is 14.1. The number of ether oxygens (including phenoxy) is 1. The first-order valence-corrected chi connectivity index (χ1v) is 10.1. The minimum absolute atomic E-state index is 0. The molecule has 3 rings (SSSR count). The highest BCUT2D eigenvalue weighted by molar-refractivity contribution is 14.0. The van der Waals surface area contributed by atoms with Crippen LogP contribution in [0.25, 0.3) is 0 Å². The monoisotopic (exact) mass is 547 g/mol. The van der Waals surface area contributed by atoms with E-state index in [1.54, 1.807) is 25.4 Å². The third kappa shape index (κ3) is 6.68. The zero-order chi connectivity index (χ0) is 20.6. The molecule has 30 heavy (non-hydrogen) atoms. The molecule has 2 heterocycles. The number of hydrogen-bond acceptors (Lipinski definition) is 4. The number of methoxy groups -OCH3 is 1. The van der Waals surface area contributed by atoms with E-state index in [1.807, 2.05) is 19.1 Å². The fourth-order valence-corrected chi connectivity index (χ4v) is 3.60. The van der Waals surface area contributed by atoms with Crippen molar-refractivity contribution < 1.29 is 9.13 Å². The SMILES string of the molecule is CCNC(=NCc1ccc(F)c(COC)c1)NC1CCN(c2ncccc2Cl)C1.I. The van der Waals surface area contributed by atoms with Gasteiger partial charge >= 0.3 is 0 Å². The van der Waals surface area contributed by atoms with Crippen LogP contribution < -0.4 is 15.5 Å². The van der Waals surface area contributed by atoms with E-state index in [2.05, 4.69) is 25.5 Å². The second-order valence-electron chi connectivity index (χ2n) is 6.94. The molecule has 1 aromatic heterocycles. The fourth-order valence-electron chi connectivity index (χ4n) is 3.36. The van der Waals surface area contributed by atoms with E-state index in [1.165, 1.54) is 6.07 Å². The van der Waals surface area contributed by atoms with Crippen LogP contribution in [-0.2, 0) is 17.9 Å². The summed E-state index contributed by atoms with van der Waals surface area (Å²) in [5.41, 5.74) is 1.47. The Kier molecular flexibility index (Phi) is 10.1. The van der Waals surface area contributed by atoms with Gasteiger partial charge in [0.15, 0.2) is 5.96 Å². The number of pyridine rings is 1. The van der Waals surface area contributed by atoms with Crippen molar-refractivity contribution in [3.05, 3.63) is 58.5 Å². The smallest absolute Gasteiger partial charge is 0.191 e. The maximum absolute atomic E-state index is 13.8. The molecule has 6 nitrogen and oxygen atoms in total. The van der Waals surface area contributed by atoms with Gasteiger partial charge in [-0.05, 0) is 43.2 Å². The lowest BCUT2D eigenvalue weighted by molar-refractivity contribution is 0.181. The van der Waals surface area contributed by atoms with Crippen molar-refractivity contribution in [2.45, 2.75) is 32.5 Å². The maximum Gasteiger partial charge on any atom is 0.191 e. The van der Waals surface area contributed by atoms with Crippen molar-refractivity contribution in [3.63, 3.8) is 0 Å². The molecule has 164 valence electrons. The average molecular weight is 548 g/mol. The van der Waals surface area contributed by atoms with Gasteiger partial charge in [-0.1, -0.05) is 17.7 Å². The molecule has 0 spiro atoms. The summed E-state index contributed by atoms with van der Waals surface area (Å²) in [4.78, 5) is 11.2. The number of nitrogens with zero attached hydrogens (tertiary/aromatic N) is 3. The molecule has 0 radical (unpaired) electrons. The second kappa shape index (κ2) is 12.3. The van der Waals surface area contributed by atoms with Gasteiger partial charge in [0.2, 0.25) is 0 Å². The highest BCUT2D eigenvalue weighted by Gasteiger charge is 2.25. The number of halogens is 3. The van der Waals surface area contributed by atoms with Crippen LogP contribution in [0.15, 0.2) is 41.5 Å². The lowest BCUT2D eigenvalue weighted by Crippen LogP contribution is -2.44. The molecule has 1 aromatic carbocycles. The van der Waals surface area contributed by atoms with Crippen LogP contribution in [0.5, 0.6) is 0 Å². The Morgan fingerprint density at radius 3 is 2.97 bits per heavy atom. The van der Waals surface area contributed by atoms with Crippen LogP contribution in [0.1, 0.15) is 24.5 Å². The Labute approximate surface area is 199 Å². The van der Waals surface area contributed by atoms with Crippen molar-refractivity contribution in [2.75, 3.05) is 31.6 Å². The quantitative estimate of drug-likeness (QED) is 0.312. The predicted molar refractivity (Wildman–Crippen MR) is 130 cm³/mol. The van der Waals surface area contributed by atoms with Crippen LogP contribution in [0.4, 0.5) is 10.2 Å². The third-order valence-electron chi connectivity index (χ3n) is 4.74. The number of aromatic nitrogens is 1. The molecule has 0 saturated carbocycles. The minimum Gasteiger partial charge on any atom is -0.380 e. The van der Waals surface area contributed by atoms with E-state index in [-0.39, 0.29) is 42.4 Å². The zero-order valence-electron chi connectivity index (χ0n) is 17.2. The van der Waals surface area contributed by atoms with E-state index in [0.717, 1.165) is 43.4 Å². The first kappa shape index (κ1) is 24.6. The summed E-state index contributed by atoms with van der Waals surface area (Å²) in [6.07, 6.45) is 2.72. The minimum atomic E-state index is -0.260.